The quantitative estimate of drug-likeness (QED) is 0.841. The minimum Gasteiger partial charge on any atom is -0.481 e. The van der Waals surface area contributed by atoms with Gasteiger partial charge in [0.15, 0.2) is 5.16 Å². The Morgan fingerprint density at radius 2 is 2.26 bits per heavy atom. The number of hydrogen-bond acceptors (Lipinski definition) is 3. The Bertz CT molecular complexity index is 618. The number of aromatic nitrogens is 2. The monoisotopic (exact) mass is 350 g/mol. The van der Waals surface area contributed by atoms with Gasteiger partial charge in [-0.1, -0.05) is 27.7 Å². The van der Waals surface area contributed by atoms with E-state index in [1.807, 2.05) is 0 Å². The summed E-state index contributed by atoms with van der Waals surface area (Å²) in [6.45, 7) is -0.505. The number of hydrogen-bond donors (Lipinski definition) is 1. The van der Waals surface area contributed by atoms with Crippen LogP contribution in [-0.4, -0.2) is 32.8 Å². The number of fused-ring (bicyclic) bond motifs is 1. The van der Waals surface area contributed by atoms with Crippen molar-refractivity contribution in [3.63, 3.8) is 0 Å². The third kappa shape index (κ3) is 3.44. The predicted octanol–water partition coefficient (Wildman–Crippen LogP) is 3.24. The molecule has 4 nitrogen and oxygen atoms in total. The van der Waals surface area contributed by atoms with Gasteiger partial charge in [-0.2, -0.15) is 0 Å². The maximum atomic E-state index is 12.6. The highest BCUT2D eigenvalue weighted by Crippen LogP contribution is 2.27. The lowest BCUT2D eigenvalue weighted by atomic mass is 10.3. The van der Waals surface area contributed by atoms with E-state index in [0.29, 0.717) is 11.0 Å². The molecule has 1 aromatic carbocycles. The number of carbonyl (C=O) groups is 1. The zero-order valence-electron chi connectivity index (χ0n) is 9.52. The molecular weight excluding hydrogens is 342 g/mol. The molecule has 0 aliphatic carbocycles. The number of alkyl halides is 2. The fourth-order valence-corrected chi connectivity index (χ4v) is 2.72. The molecule has 102 valence electrons. The zero-order valence-corrected chi connectivity index (χ0v) is 11.9. The summed E-state index contributed by atoms with van der Waals surface area (Å²) < 4.78 is 27.3. The number of nitrogens with zero attached hydrogens (tertiary/aromatic N) is 2. The molecule has 0 saturated carbocycles. The second-order valence-corrected chi connectivity index (χ2v) is 5.57. The molecule has 2 aromatic rings. The summed E-state index contributed by atoms with van der Waals surface area (Å²) in [5.74, 6) is -1.23. The van der Waals surface area contributed by atoms with E-state index in [-0.39, 0.29) is 10.9 Å². The van der Waals surface area contributed by atoms with Gasteiger partial charge in [-0.25, -0.2) is 13.8 Å². The highest BCUT2D eigenvalue weighted by molar-refractivity contribution is 9.10. The standard InChI is InChI=1S/C11H9BrF2N2O2S/c12-6-1-2-7-8(3-6)16(4-9(13)14)11(15-7)19-5-10(17)18/h1-3,9H,4-5H2,(H,17,18). The Hall–Kier alpha value is -1.15. The van der Waals surface area contributed by atoms with E-state index < -0.39 is 18.9 Å². The van der Waals surface area contributed by atoms with Crippen LogP contribution < -0.4 is 0 Å². The van der Waals surface area contributed by atoms with Crippen LogP contribution in [0.3, 0.4) is 0 Å². The first kappa shape index (κ1) is 14.3. The van der Waals surface area contributed by atoms with Gasteiger partial charge in [-0.3, -0.25) is 4.79 Å². The summed E-state index contributed by atoms with van der Waals surface area (Å²) in [4.78, 5) is 14.7. The minimum absolute atomic E-state index is 0.215. The molecule has 1 aromatic heterocycles. The number of carboxylic acid groups (broad SMARTS) is 1. The Morgan fingerprint density at radius 3 is 2.89 bits per heavy atom. The lowest BCUT2D eigenvalue weighted by molar-refractivity contribution is -0.133. The van der Waals surface area contributed by atoms with E-state index in [4.69, 9.17) is 5.11 Å². The van der Waals surface area contributed by atoms with Gasteiger partial charge in [0.25, 0.3) is 6.43 Å². The van der Waals surface area contributed by atoms with Crippen LogP contribution in [0.4, 0.5) is 8.78 Å². The van der Waals surface area contributed by atoms with E-state index in [2.05, 4.69) is 20.9 Å². The molecule has 0 bridgehead atoms. The molecule has 0 aliphatic heterocycles. The number of aliphatic carboxylic acids is 1. The number of halogens is 3. The second kappa shape index (κ2) is 5.87. The molecule has 0 saturated heterocycles. The average molecular weight is 351 g/mol. The van der Waals surface area contributed by atoms with Crippen molar-refractivity contribution in [2.75, 3.05) is 5.75 Å². The molecule has 2 rings (SSSR count). The third-order valence-electron chi connectivity index (χ3n) is 2.32. The molecule has 0 atom stereocenters. The van der Waals surface area contributed by atoms with E-state index in [1.54, 1.807) is 18.2 Å². The van der Waals surface area contributed by atoms with Gasteiger partial charge in [0.2, 0.25) is 0 Å². The Kier molecular flexibility index (Phi) is 4.41. The van der Waals surface area contributed by atoms with Crippen molar-refractivity contribution >= 4 is 44.7 Å². The largest absolute Gasteiger partial charge is 0.481 e. The van der Waals surface area contributed by atoms with E-state index >= 15 is 0 Å². The zero-order chi connectivity index (χ0) is 14.0. The summed E-state index contributed by atoms with van der Waals surface area (Å²) in [6, 6.07) is 5.15. The van der Waals surface area contributed by atoms with Crippen molar-refractivity contribution in [2.45, 2.75) is 18.1 Å². The first-order valence-electron chi connectivity index (χ1n) is 5.26. The highest BCUT2D eigenvalue weighted by atomic mass is 79.9. The van der Waals surface area contributed by atoms with E-state index in [9.17, 15) is 13.6 Å². The molecule has 1 N–H and O–H groups in total. The van der Waals surface area contributed by atoms with Gasteiger partial charge < -0.3 is 9.67 Å². The lowest BCUT2D eigenvalue weighted by Gasteiger charge is -2.07. The fourth-order valence-electron chi connectivity index (χ4n) is 1.62. The molecule has 0 radical (unpaired) electrons. The summed E-state index contributed by atoms with van der Waals surface area (Å²) in [7, 11) is 0. The first-order chi connectivity index (χ1) is 8.97. The molecule has 19 heavy (non-hydrogen) atoms. The summed E-state index contributed by atoms with van der Waals surface area (Å²) in [5, 5.41) is 8.94. The van der Waals surface area contributed by atoms with Gasteiger partial charge in [0.05, 0.1) is 23.3 Å². The third-order valence-corrected chi connectivity index (χ3v) is 3.77. The predicted molar refractivity (Wildman–Crippen MR) is 71.8 cm³/mol. The molecule has 0 amide bonds. The number of carboxylic acids is 1. The van der Waals surface area contributed by atoms with Crippen LogP contribution in [0.5, 0.6) is 0 Å². The van der Waals surface area contributed by atoms with Crippen LogP contribution in [0.2, 0.25) is 0 Å². The average Bonchev–Trinajstić information content (AvgIpc) is 2.64. The lowest BCUT2D eigenvalue weighted by Crippen LogP contribution is -2.09. The van der Waals surface area contributed by atoms with Crippen molar-refractivity contribution in [3.05, 3.63) is 22.7 Å². The summed E-state index contributed by atoms with van der Waals surface area (Å²) in [5.41, 5.74) is 1.12. The molecule has 0 fully saturated rings. The van der Waals surface area contributed by atoms with Gasteiger partial charge in [0, 0.05) is 4.47 Å². The topological polar surface area (TPSA) is 55.1 Å². The highest BCUT2D eigenvalue weighted by Gasteiger charge is 2.16. The number of rotatable bonds is 5. The second-order valence-electron chi connectivity index (χ2n) is 3.71. The molecule has 0 unspecified atom stereocenters. The van der Waals surface area contributed by atoms with Crippen molar-refractivity contribution in [2.24, 2.45) is 0 Å². The van der Waals surface area contributed by atoms with Crippen molar-refractivity contribution in [3.8, 4) is 0 Å². The van der Waals surface area contributed by atoms with E-state index in [1.165, 1.54) is 4.57 Å². The SMILES string of the molecule is O=C(O)CSc1nc2ccc(Br)cc2n1CC(F)F. The van der Waals surface area contributed by atoms with Crippen molar-refractivity contribution in [1.82, 2.24) is 9.55 Å². The first-order valence-corrected chi connectivity index (χ1v) is 7.04. The van der Waals surface area contributed by atoms with Crippen LogP contribution in [0.15, 0.2) is 27.8 Å². The van der Waals surface area contributed by atoms with Crippen molar-refractivity contribution < 1.29 is 18.7 Å². The Labute approximate surface area is 119 Å². The molecular formula is C11H9BrF2N2O2S. The Balaban J connectivity index is 2.45. The van der Waals surface area contributed by atoms with Crippen molar-refractivity contribution in [1.29, 1.82) is 0 Å². The molecule has 0 aliphatic rings. The van der Waals surface area contributed by atoms with Crippen LogP contribution in [0.25, 0.3) is 11.0 Å². The maximum Gasteiger partial charge on any atom is 0.313 e. The van der Waals surface area contributed by atoms with Gasteiger partial charge >= 0.3 is 5.97 Å². The number of imidazole rings is 1. The van der Waals surface area contributed by atoms with Crippen LogP contribution in [0.1, 0.15) is 0 Å². The van der Waals surface area contributed by atoms with Crippen LogP contribution in [-0.2, 0) is 11.3 Å². The van der Waals surface area contributed by atoms with Gasteiger partial charge in [0.1, 0.15) is 0 Å². The van der Waals surface area contributed by atoms with Crippen LogP contribution in [0, 0.1) is 0 Å². The van der Waals surface area contributed by atoms with E-state index in [0.717, 1.165) is 16.2 Å². The van der Waals surface area contributed by atoms with Gasteiger partial charge in [-0.15, -0.1) is 0 Å². The minimum atomic E-state index is -2.53. The number of thioether (sulfide) groups is 1. The number of benzene rings is 1. The summed E-state index contributed by atoms with van der Waals surface area (Å²) in [6.07, 6.45) is -2.53. The smallest absolute Gasteiger partial charge is 0.313 e. The Morgan fingerprint density at radius 1 is 1.53 bits per heavy atom. The maximum absolute atomic E-state index is 12.6. The van der Waals surface area contributed by atoms with Gasteiger partial charge in [-0.05, 0) is 18.2 Å². The fraction of sp³-hybridized carbons (Fsp3) is 0.273. The molecule has 1 heterocycles. The molecule has 0 spiro atoms. The normalized spacial score (nSPS) is 11.4. The summed E-state index contributed by atoms with van der Waals surface area (Å²) >= 11 is 4.21. The molecule has 8 heteroatoms. The van der Waals surface area contributed by atoms with Crippen LogP contribution >= 0.6 is 27.7 Å².